The lowest BCUT2D eigenvalue weighted by molar-refractivity contribution is -0.254. The first-order valence-electron chi connectivity index (χ1n) is 16.8. The van der Waals surface area contributed by atoms with Crippen LogP contribution in [0.15, 0.2) is 0 Å². The smallest absolute Gasteiger partial charge is 0.220 e. The Kier molecular flexibility index (Phi) is 21.9. The molecule has 42 heavy (non-hydrogen) atoms. The molecule has 0 bridgehead atoms. The maximum absolute atomic E-state index is 12.7. The summed E-state index contributed by atoms with van der Waals surface area (Å²) in [7, 11) is 0. The predicted octanol–water partition coefficient (Wildman–Crippen LogP) is 2.85. The summed E-state index contributed by atoms with van der Waals surface area (Å²) in [6, 6.07) is -1.40. The Morgan fingerprint density at radius 3 is 1.57 bits per heavy atom. The van der Waals surface area contributed by atoms with Crippen LogP contribution in [0, 0.1) is 0 Å². The average molecular weight is 606 g/mol. The van der Waals surface area contributed by atoms with E-state index in [4.69, 9.17) is 4.74 Å². The minimum absolute atomic E-state index is 0.147. The number of hydrogen-bond acceptors (Lipinski definition) is 9. The number of ether oxygens (including phenoxy) is 1. The molecule has 1 fully saturated rings. The van der Waals surface area contributed by atoms with Crippen molar-refractivity contribution in [1.82, 2.24) is 5.32 Å². The van der Waals surface area contributed by atoms with Gasteiger partial charge in [0.15, 0.2) is 0 Å². The van der Waals surface area contributed by atoms with Crippen LogP contribution in [0.2, 0.25) is 0 Å². The second-order valence-electron chi connectivity index (χ2n) is 12.3. The highest BCUT2D eigenvalue weighted by molar-refractivity contribution is 5.76. The van der Waals surface area contributed by atoms with Gasteiger partial charge >= 0.3 is 0 Å². The molecule has 1 aliphatic rings. The topological polar surface area (TPSA) is 180 Å². The number of rotatable bonds is 25. The van der Waals surface area contributed by atoms with Gasteiger partial charge in [-0.2, -0.15) is 0 Å². The number of nitrogens with one attached hydrogen (secondary N) is 1. The summed E-state index contributed by atoms with van der Waals surface area (Å²) in [5.74, 6) is -0.424. The van der Waals surface area contributed by atoms with E-state index < -0.39 is 67.4 Å². The van der Waals surface area contributed by atoms with Crippen LogP contribution in [0.5, 0.6) is 0 Å². The lowest BCUT2D eigenvalue weighted by Gasteiger charge is -2.44. The van der Waals surface area contributed by atoms with Gasteiger partial charge in [-0.25, -0.2) is 0 Å². The summed E-state index contributed by atoms with van der Waals surface area (Å²) < 4.78 is 5.41. The number of carbonyl (C=O) groups is 1. The molecule has 1 saturated heterocycles. The Hall–Kier alpha value is -0.850. The predicted molar refractivity (Wildman–Crippen MR) is 163 cm³/mol. The third-order valence-corrected chi connectivity index (χ3v) is 8.65. The summed E-state index contributed by atoms with van der Waals surface area (Å²) in [6.45, 7) is 3.21. The monoisotopic (exact) mass is 605 g/mol. The molecule has 1 rings (SSSR count). The molecule has 0 spiro atoms. The fourth-order valence-corrected chi connectivity index (χ4v) is 5.74. The second-order valence-corrected chi connectivity index (χ2v) is 12.3. The maximum atomic E-state index is 12.7. The fraction of sp³-hybridized carbons (Fsp3) is 0.969. The highest BCUT2D eigenvalue weighted by Crippen LogP contribution is 2.26. The summed E-state index contributed by atoms with van der Waals surface area (Å²) in [5.41, 5.74) is 0. The highest BCUT2D eigenvalue weighted by Gasteiger charge is 2.49. The van der Waals surface area contributed by atoms with E-state index in [1.165, 1.54) is 83.5 Å². The highest BCUT2D eigenvalue weighted by atomic mass is 16.6. The Morgan fingerprint density at radius 1 is 0.690 bits per heavy atom. The first-order valence-corrected chi connectivity index (χ1v) is 16.8. The third kappa shape index (κ3) is 14.8. The first kappa shape index (κ1) is 39.2. The van der Waals surface area contributed by atoms with Crippen LogP contribution in [-0.4, -0.2) is 103 Å². The van der Waals surface area contributed by atoms with Crippen LogP contribution in [-0.2, 0) is 9.53 Å². The minimum Gasteiger partial charge on any atom is -0.394 e. The van der Waals surface area contributed by atoms with Crippen molar-refractivity contribution in [2.24, 2.45) is 0 Å². The molecule has 1 amide bonds. The third-order valence-electron chi connectivity index (χ3n) is 8.65. The zero-order valence-corrected chi connectivity index (χ0v) is 26.3. The molecular formula is C32H63NO9. The van der Waals surface area contributed by atoms with Crippen molar-refractivity contribution < 1.29 is 45.3 Å². The number of amides is 1. The largest absolute Gasteiger partial charge is 0.394 e. The van der Waals surface area contributed by atoms with E-state index in [9.17, 15) is 40.5 Å². The van der Waals surface area contributed by atoms with Crippen molar-refractivity contribution in [1.29, 1.82) is 0 Å². The van der Waals surface area contributed by atoms with Crippen molar-refractivity contribution in [2.45, 2.75) is 191 Å². The second kappa shape index (κ2) is 23.5. The fourth-order valence-electron chi connectivity index (χ4n) is 5.74. The van der Waals surface area contributed by atoms with Gasteiger partial charge in [0.05, 0.1) is 18.8 Å². The van der Waals surface area contributed by atoms with Crippen LogP contribution in [0.1, 0.15) is 136 Å². The number of unbranched alkanes of at least 4 members (excludes halogenated alkanes) is 16. The van der Waals surface area contributed by atoms with E-state index >= 15 is 0 Å². The average Bonchev–Trinajstić information content (AvgIpc) is 2.99. The molecule has 250 valence electrons. The summed E-state index contributed by atoms with van der Waals surface area (Å²) in [4.78, 5) is 12.7. The van der Waals surface area contributed by atoms with Gasteiger partial charge in [-0.05, 0) is 12.8 Å². The van der Waals surface area contributed by atoms with Crippen molar-refractivity contribution >= 4 is 5.91 Å². The van der Waals surface area contributed by atoms with Gasteiger partial charge in [0.25, 0.3) is 0 Å². The molecule has 0 aromatic carbocycles. The zero-order chi connectivity index (χ0) is 31.3. The molecular weight excluding hydrogens is 542 g/mol. The maximum Gasteiger partial charge on any atom is 0.220 e. The van der Waals surface area contributed by atoms with Gasteiger partial charge in [0.1, 0.15) is 42.7 Å². The van der Waals surface area contributed by atoms with Gasteiger partial charge in [0.2, 0.25) is 5.91 Å². The van der Waals surface area contributed by atoms with Gasteiger partial charge < -0.3 is 45.8 Å². The summed E-state index contributed by atoms with van der Waals surface area (Å²) in [6.07, 6.45) is 8.88. The molecule has 0 aliphatic carbocycles. The molecule has 0 aromatic heterocycles. The Labute approximate surface area is 253 Å². The van der Waals surface area contributed by atoms with Crippen LogP contribution in [0.25, 0.3) is 0 Å². The quantitative estimate of drug-likeness (QED) is 0.0726. The van der Waals surface area contributed by atoms with E-state index in [0.29, 0.717) is 6.42 Å². The number of carbonyl (C=O) groups excluding carboxylic acids is 1. The standard InChI is InChI=1S/C32H63NO9/c1-3-5-6-7-8-9-10-11-12-13-14-15-16-17-18-19-20-21-25(36)33-26(27(37)23(35)4-2)29(39)32-31(41)30(40)28(38)24(22-34)42-32/h23-24,26-32,34-35,37-41H,3-22H2,1-2H3,(H,33,36)/t23?,24-,26?,27?,28+,29?,30+,31-,32?/m1/s1. The molecule has 0 radical (unpaired) electrons. The molecule has 1 heterocycles. The van der Waals surface area contributed by atoms with Crippen LogP contribution in [0.3, 0.4) is 0 Å². The molecule has 10 heteroatoms. The lowest BCUT2D eigenvalue weighted by Crippen LogP contribution is -2.66. The van der Waals surface area contributed by atoms with Crippen LogP contribution < -0.4 is 5.32 Å². The van der Waals surface area contributed by atoms with Crippen molar-refractivity contribution in [3.05, 3.63) is 0 Å². The number of aliphatic hydroxyl groups is 7. The Balaban J connectivity index is 2.30. The van der Waals surface area contributed by atoms with E-state index in [-0.39, 0.29) is 12.8 Å². The number of hydrogen-bond donors (Lipinski definition) is 8. The van der Waals surface area contributed by atoms with E-state index in [1.54, 1.807) is 6.92 Å². The Morgan fingerprint density at radius 2 is 1.14 bits per heavy atom. The van der Waals surface area contributed by atoms with Gasteiger partial charge in [-0.15, -0.1) is 0 Å². The molecule has 8 N–H and O–H groups in total. The van der Waals surface area contributed by atoms with Crippen molar-refractivity contribution in [3.63, 3.8) is 0 Å². The molecule has 9 atom stereocenters. The normalized spacial score (nSPS) is 25.6. The SMILES string of the molecule is CCCCCCCCCCCCCCCCCCCC(=O)NC(C(O)C(O)CC)C(O)C1O[C@H](CO)[C@H](O)[C@H](O)[C@H]1O. The van der Waals surface area contributed by atoms with Crippen LogP contribution in [0.4, 0.5) is 0 Å². The Bertz CT molecular complexity index is 668. The van der Waals surface area contributed by atoms with E-state index in [0.717, 1.165) is 19.3 Å². The van der Waals surface area contributed by atoms with Crippen molar-refractivity contribution in [3.8, 4) is 0 Å². The summed E-state index contributed by atoms with van der Waals surface area (Å²) >= 11 is 0. The molecule has 10 nitrogen and oxygen atoms in total. The molecule has 1 aliphatic heterocycles. The molecule has 0 aromatic rings. The van der Waals surface area contributed by atoms with Crippen LogP contribution >= 0.6 is 0 Å². The van der Waals surface area contributed by atoms with E-state index in [2.05, 4.69) is 12.2 Å². The minimum atomic E-state index is -1.74. The zero-order valence-electron chi connectivity index (χ0n) is 26.3. The van der Waals surface area contributed by atoms with Gasteiger partial charge in [0, 0.05) is 6.42 Å². The van der Waals surface area contributed by atoms with Gasteiger partial charge in [-0.3, -0.25) is 4.79 Å². The number of aliphatic hydroxyl groups excluding tert-OH is 7. The lowest BCUT2D eigenvalue weighted by atomic mass is 9.87. The van der Waals surface area contributed by atoms with Gasteiger partial charge in [-0.1, -0.05) is 117 Å². The molecule has 0 saturated carbocycles. The van der Waals surface area contributed by atoms with E-state index in [1.807, 2.05) is 0 Å². The summed E-state index contributed by atoms with van der Waals surface area (Å²) in [5, 5.41) is 74.3. The van der Waals surface area contributed by atoms with Crippen molar-refractivity contribution in [2.75, 3.05) is 6.61 Å². The molecule has 5 unspecified atom stereocenters. The first-order chi connectivity index (χ1) is 20.2.